The van der Waals surface area contributed by atoms with Crippen molar-refractivity contribution in [3.05, 3.63) is 61.9 Å². The molecule has 1 N–H and O–H groups in total. The van der Waals surface area contributed by atoms with E-state index in [-0.39, 0.29) is 11.5 Å². The molecule has 0 spiro atoms. The highest BCUT2D eigenvalue weighted by atomic mass is 35.5. The third-order valence-electron chi connectivity index (χ3n) is 4.15. The summed E-state index contributed by atoms with van der Waals surface area (Å²) in [5, 5.41) is 0.669. The van der Waals surface area contributed by atoms with E-state index in [4.69, 9.17) is 11.6 Å². The predicted molar refractivity (Wildman–Crippen MR) is 91.9 cm³/mol. The second kappa shape index (κ2) is 6.52. The van der Waals surface area contributed by atoms with Crippen molar-refractivity contribution in [3.8, 4) is 0 Å². The van der Waals surface area contributed by atoms with E-state index in [0.717, 1.165) is 10.3 Å². The first kappa shape index (κ1) is 16.3. The normalized spacial score (nSPS) is 14.8. The first-order valence-electron chi connectivity index (χ1n) is 7.56. The molecule has 1 saturated heterocycles. The number of nitrogens with one attached hydrogen (secondary N) is 1. The Morgan fingerprint density at radius 2 is 1.88 bits per heavy atom. The van der Waals surface area contributed by atoms with Crippen LogP contribution in [0.2, 0.25) is 5.02 Å². The molecule has 0 bridgehead atoms. The van der Waals surface area contributed by atoms with Crippen molar-refractivity contribution in [3.63, 3.8) is 0 Å². The van der Waals surface area contributed by atoms with Crippen molar-refractivity contribution in [1.82, 2.24) is 14.5 Å². The van der Waals surface area contributed by atoms with E-state index in [2.05, 4.69) is 9.88 Å². The summed E-state index contributed by atoms with van der Waals surface area (Å²) in [6.45, 7) is 2.28. The highest BCUT2D eigenvalue weighted by molar-refractivity contribution is 6.30. The molecular weight excluding hydrogens is 332 g/mol. The zero-order valence-electron chi connectivity index (χ0n) is 13.2. The largest absolute Gasteiger partial charge is 0.368 e. The third kappa shape index (κ3) is 3.07. The van der Waals surface area contributed by atoms with E-state index in [1.165, 1.54) is 13.2 Å². The van der Waals surface area contributed by atoms with Gasteiger partial charge >= 0.3 is 5.69 Å². The number of anilines is 1. The summed E-state index contributed by atoms with van der Waals surface area (Å²) >= 11 is 6.01. The van der Waals surface area contributed by atoms with Gasteiger partial charge in [0, 0.05) is 50.1 Å². The summed E-state index contributed by atoms with van der Waals surface area (Å²) in [4.78, 5) is 42.1. The van der Waals surface area contributed by atoms with E-state index in [9.17, 15) is 14.4 Å². The Kier molecular flexibility index (Phi) is 4.44. The quantitative estimate of drug-likeness (QED) is 0.866. The number of carbonyl (C=O) groups is 1. The topological polar surface area (TPSA) is 78.4 Å². The summed E-state index contributed by atoms with van der Waals surface area (Å²) in [5.41, 5.74) is -0.133. The molecule has 2 aromatic rings. The highest BCUT2D eigenvalue weighted by Gasteiger charge is 2.24. The fourth-order valence-electron chi connectivity index (χ4n) is 2.73. The summed E-state index contributed by atoms with van der Waals surface area (Å²) in [7, 11) is 1.34. The summed E-state index contributed by atoms with van der Waals surface area (Å²) < 4.78 is 0.898. The van der Waals surface area contributed by atoms with Gasteiger partial charge in [-0.05, 0) is 18.2 Å². The van der Waals surface area contributed by atoms with Gasteiger partial charge in [0.1, 0.15) is 5.56 Å². The van der Waals surface area contributed by atoms with E-state index in [1.54, 1.807) is 4.90 Å². The van der Waals surface area contributed by atoms with Gasteiger partial charge in [-0.1, -0.05) is 17.7 Å². The van der Waals surface area contributed by atoms with Crippen molar-refractivity contribution < 1.29 is 4.79 Å². The van der Waals surface area contributed by atoms with E-state index >= 15 is 0 Å². The first-order chi connectivity index (χ1) is 11.5. The standard InChI is InChI=1S/C16H17ClN4O3/c1-19-14(22)13(10-18-16(19)24)15(23)21-7-5-20(6-8-21)12-4-2-3-11(17)9-12/h2-4,9-10H,5-8H2,1H3,(H,18,24). The lowest BCUT2D eigenvalue weighted by Crippen LogP contribution is -2.50. The number of H-pyrrole nitrogens is 1. The Morgan fingerprint density at radius 3 is 2.54 bits per heavy atom. The number of halogens is 1. The van der Waals surface area contributed by atoms with Gasteiger partial charge in [0.15, 0.2) is 0 Å². The van der Waals surface area contributed by atoms with Crippen LogP contribution >= 0.6 is 11.6 Å². The van der Waals surface area contributed by atoms with Crippen LogP contribution in [-0.2, 0) is 7.05 Å². The molecule has 3 rings (SSSR count). The molecule has 0 saturated carbocycles. The molecule has 2 heterocycles. The van der Waals surface area contributed by atoms with Crippen molar-refractivity contribution in [2.24, 2.45) is 7.05 Å². The van der Waals surface area contributed by atoms with Gasteiger partial charge in [0.05, 0.1) is 0 Å². The molecule has 0 radical (unpaired) electrons. The molecule has 24 heavy (non-hydrogen) atoms. The number of rotatable bonds is 2. The molecule has 0 atom stereocenters. The van der Waals surface area contributed by atoms with Gasteiger partial charge in [-0.25, -0.2) is 4.79 Å². The molecular formula is C16H17ClN4O3. The number of aromatic nitrogens is 2. The van der Waals surface area contributed by atoms with Crippen LogP contribution in [0.3, 0.4) is 0 Å². The molecule has 8 heteroatoms. The summed E-state index contributed by atoms with van der Waals surface area (Å²) in [6.07, 6.45) is 1.19. The Labute approximate surface area is 143 Å². The Morgan fingerprint density at radius 1 is 1.17 bits per heavy atom. The minimum atomic E-state index is -0.582. The molecule has 7 nitrogen and oxygen atoms in total. The Hall–Kier alpha value is -2.54. The average molecular weight is 349 g/mol. The Balaban J connectivity index is 1.73. The Bertz CT molecular complexity index is 881. The lowest BCUT2D eigenvalue weighted by molar-refractivity contribution is 0.0743. The summed E-state index contributed by atoms with van der Waals surface area (Å²) in [6, 6.07) is 7.56. The van der Waals surface area contributed by atoms with Gasteiger partial charge in [-0.3, -0.25) is 14.2 Å². The van der Waals surface area contributed by atoms with Crippen LogP contribution in [0.25, 0.3) is 0 Å². The second-order valence-electron chi connectivity index (χ2n) is 5.63. The van der Waals surface area contributed by atoms with Gasteiger partial charge in [-0.2, -0.15) is 0 Å². The lowest BCUT2D eigenvalue weighted by Gasteiger charge is -2.36. The highest BCUT2D eigenvalue weighted by Crippen LogP contribution is 2.21. The van der Waals surface area contributed by atoms with Gasteiger partial charge in [0.2, 0.25) is 0 Å². The predicted octanol–water partition coefficient (Wildman–Crippen LogP) is 0.689. The van der Waals surface area contributed by atoms with Crippen LogP contribution < -0.4 is 16.1 Å². The van der Waals surface area contributed by atoms with Crippen molar-refractivity contribution in [2.45, 2.75) is 0 Å². The van der Waals surface area contributed by atoms with Crippen molar-refractivity contribution in [1.29, 1.82) is 0 Å². The molecule has 1 amide bonds. The maximum atomic E-state index is 12.5. The average Bonchev–Trinajstić information content (AvgIpc) is 2.59. The molecule has 1 fully saturated rings. The van der Waals surface area contributed by atoms with Gasteiger partial charge in [-0.15, -0.1) is 0 Å². The fraction of sp³-hybridized carbons (Fsp3) is 0.312. The smallest absolute Gasteiger partial charge is 0.328 e. The molecule has 1 aromatic heterocycles. The van der Waals surface area contributed by atoms with E-state index < -0.39 is 11.2 Å². The van der Waals surface area contributed by atoms with Crippen LogP contribution in [0.4, 0.5) is 5.69 Å². The fourth-order valence-corrected chi connectivity index (χ4v) is 2.91. The molecule has 0 aliphatic carbocycles. The number of hydrogen-bond acceptors (Lipinski definition) is 4. The van der Waals surface area contributed by atoms with E-state index in [0.29, 0.717) is 31.2 Å². The number of carbonyl (C=O) groups excluding carboxylic acids is 1. The lowest BCUT2D eigenvalue weighted by atomic mass is 10.2. The second-order valence-corrected chi connectivity index (χ2v) is 6.07. The zero-order chi connectivity index (χ0) is 17.3. The number of nitrogens with zero attached hydrogens (tertiary/aromatic N) is 3. The number of amides is 1. The minimum Gasteiger partial charge on any atom is -0.368 e. The monoisotopic (exact) mass is 348 g/mol. The summed E-state index contributed by atoms with van der Waals surface area (Å²) in [5.74, 6) is -0.363. The van der Waals surface area contributed by atoms with E-state index in [1.807, 2.05) is 24.3 Å². The van der Waals surface area contributed by atoms with Crippen molar-refractivity contribution in [2.75, 3.05) is 31.1 Å². The number of aromatic amines is 1. The first-order valence-corrected chi connectivity index (χ1v) is 7.93. The van der Waals surface area contributed by atoms with Gasteiger partial charge in [0.25, 0.3) is 11.5 Å². The van der Waals surface area contributed by atoms with Crippen LogP contribution in [-0.4, -0.2) is 46.5 Å². The van der Waals surface area contributed by atoms with Crippen LogP contribution in [0.5, 0.6) is 0 Å². The zero-order valence-corrected chi connectivity index (χ0v) is 13.9. The van der Waals surface area contributed by atoms with Crippen LogP contribution in [0.15, 0.2) is 40.1 Å². The number of benzene rings is 1. The molecule has 0 unspecified atom stereocenters. The van der Waals surface area contributed by atoms with Crippen LogP contribution in [0, 0.1) is 0 Å². The number of piperazine rings is 1. The number of hydrogen-bond donors (Lipinski definition) is 1. The molecule has 1 aliphatic rings. The molecule has 1 aliphatic heterocycles. The third-order valence-corrected chi connectivity index (χ3v) is 4.39. The minimum absolute atomic E-state index is 0.0201. The molecule has 1 aromatic carbocycles. The molecule has 126 valence electrons. The maximum Gasteiger partial charge on any atom is 0.328 e. The SMILES string of the molecule is Cn1c(=O)[nH]cc(C(=O)N2CCN(c3cccc(Cl)c3)CC2)c1=O. The van der Waals surface area contributed by atoms with Gasteiger partial charge < -0.3 is 14.8 Å². The maximum absolute atomic E-state index is 12.5. The van der Waals surface area contributed by atoms with Crippen molar-refractivity contribution >= 4 is 23.2 Å². The van der Waals surface area contributed by atoms with Crippen LogP contribution in [0.1, 0.15) is 10.4 Å².